The molecule has 0 saturated heterocycles. The molecule has 0 aliphatic rings. The Morgan fingerprint density at radius 1 is 1.13 bits per heavy atom. The predicted octanol–water partition coefficient (Wildman–Crippen LogP) is 5.16. The van der Waals surface area contributed by atoms with E-state index in [4.69, 9.17) is 0 Å². The van der Waals surface area contributed by atoms with E-state index < -0.39 is 0 Å². The Labute approximate surface area is 102 Å². The fraction of sp³-hybridized carbons (Fsp3) is 0.571. The lowest BCUT2D eigenvalue weighted by Gasteiger charge is -2.42. The average molecular weight is 269 g/mol. The molecule has 0 atom stereocenters. The molecule has 15 heavy (non-hydrogen) atoms. The second-order valence-electron chi connectivity index (χ2n) is 5.37. The highest BCUT2D eigenvalue weighted by molar-refractivity contribution is 9.10. The van der Waals surface area contributed by atoms with Crippen LogP contribution in [-0.2, 0) is 5.41 Å². The van der Waals surface area contributed by atoms with Gasteiger partial charge < -0.3 is 0 Å². The molecule has 0 unspecified atom stereocenters. The Hall–Kier alpha value is -0.300. The van der Waals surface area contributed by atoms with E-state index >= 15 is 0 Å². The van der Waals surface area contributed by atoms with Crippen LogP contribution in [0, 0.1) is 5.41 Å². The van der Waals surface area contributed by atoms with Crippen molar-refractivity contribution in [3.05, 3.63) is 34.3 Å². The fourth-order valence-electron chi connectivity index (χ4n) is 1.71. The van der Waals surface area contributed by atoms with Crippen LogP contribution in [0.5, 0.6) is 0 Å². The summed E-state index contributed by atoms with van der Waals surface area (Å²) in [6.07, 6.45) is 1.19. The standard InChI is InChI=1S/C14H21Br/c1-6-13(2,3)14(4,5)11-8-7-9-12(15)10-11/h7-10H,6H2,1-5H3. The summed E-state index contributed by atoms with van der Waals surface area (Å²) >= 11 is 3.54. The van der Waals surface area contributed by atoms with Gasteiger partial charge in [0, 0.05) is 4.47 Å². The molecule has 0 bridgehead atoms. The van der Waals surface area contributed by atoms with E-state index in [0.717, 1.165) is 0 Å². The van der Waals surface area contributed by atoms with Gasteiger partial charge >= 0.3 is 0 Å². The first-order valence-corrected chi connectivity index (χ1v) is 6.36. The van der Waals surface area contributed by atoms with Gasteiger partial charge in [0.05, 0.1) is 0 Å². The normalized spacial score (nSPS) is 12.9. The van der Waals surface area contributed by atoms with Crippen molar-refractivity contribution < 1.29 is 0 Å². The number of hydrogen-bond acceptors (Lipinski definition) is 0. The number of rotatable bonds is 3. The lowest BCUT2D eigenvalue weighted by atomic mass is 9.63. The highest BCUT2D eigenvalue weighted by Gasteiger charge is 2.36. The van der Waals surface area contributed by atoms with Crippen LogP contribution >= 0.6 is 15.9 Å². The monoisotopic (exact) mass is 268 g/mol. The Morgan fingerprint density at radius 3 is 2.20 bits per heavy atom. The minimum atomic E-state index is 0.200. The van der Waals surface area contributed by atoms with E-state index in [9.17, 15) is 0 Å². The zero-order chi connectivity index (χ0) is 11.7. The van der Waals surface area contributed by atoms with Crippen molar-refractivity contribution in [3.63, 3.8) is 0 Å². The van der Waals surface area contributed by atoms with Crippen molar-refractivity contribution in [1.82, 2.24) is 0 Å². The first kappa shape index (κ1) is 12.8. The van der Waals surface area contributed by atoms with Crippen LogP contribution in [-0.4, -0.2) is 0 Å². The lowest BCUT2D eigenvalue weighted by molar-refractivity contribution is 0.189. The molecule has 0 radical (unpaired) electrons. The Kier molecular flexibility index (Phi) is 3.65. The van der Waals surface area contributed by atoms with Gasteiger partial charge in [-0.05, 0) is 28.5 Å². The van der Waals surface area contributed by atoms with E-state index in [1.807, 2.05) is 0 Å². The van der Waals surface area contributed by atoms with Crippen LogP contribution in [0.15, 0.2) is 28.7 Å². The summed E-state index contributed by atoms with van der Waals surface area (Å²) in [7, 11) is 0. The van der Waals surface area contributed by atoms with Crippen LogP contribution in [0.2, 0.25) is 0 Å². The molecule has 0 N–H and O–H groups in total. The van der Waals surface area contributed by atoms with Gasteiger partial charge in [-0.3, -0.25) is 0 Å². The highest BCUT2D eigenvalue weighted by Crippen LogP contribution is 2.43. The van der Waals surface area contributed by atoms with Gasteiger partial charge in [0.1, 0.15) is 0 Å². The molecule has 1 aromatic carbocycles. The molecule has 0 aromatic heterocycles. The molecule has 0 nitrogen and oxygen atoms in total. The maximum atomic E-state index is 3.54. The average Bonchev–Trinajstić information content (AvgIpc) is 2.17. The highest BCUT2D eigenvalue weighted by atomic mass is 79.9. The molecule has 0 aliphatic carbocycles. The Bertz CT molecular complexity index is 337. The molecule has 0 spiro atoms. The molecule has 0 aliphatic heterocycles. The van der Waals surface area contributed by atoms with Gasteiger partial charge in [-0.1, -0.05) is 69.1 Å². The second kappa shape index (κ2) is 4.29. The third-order valence-electron chi connectivity index (χ3n) is 4.12. The summed E-state index contributed by atoms with van der Waals surface area (Å²) in [5, 5.41) is 0. The van der Waals surface area contributed by atoms with Gasteiger partial charge in [-0.15, -0.1) is 0 Å². The summed E-state index contributed by atoms with van der Waals surface area (Å²) in [5.74, 6) is 0. The minimum Gasteiger partial charge on any atom is -0.0648 e. The lowest BCUT2D eigenvalue weighted by Crippen LogP contribution is -2.35. The van der Waals surface area contributed by atoms with Crippen molar-refractivity contribution >= 4 is 15.9 Å². The maximum absolute atomic E-state index is 3.54. The van der Waals surface area contributed by atoms with Crippen molar-refractivity contribution in [3.8, 4) is 0 Å². The van der Waals surface area contributed by atoms with Crippen molar-refractivity contribution in [2.24, 2.45) is 5.41 Å². The predicted molar refractivity (Wildman–Crippen MR) is 71.2 cm³/mol. The molecule has 1 aromatic rings. The number of benzene rings is 1. The molecule has 0 amide bonds. The molecule has 0 saturated carbocycles. The SMILES string of the molecule is CCC(C)(C)C(C)(C)c1cccc(Br)c1. The van der Waals surface area contributed by atoms with Crippen LogP contribution < -0.4 is 0 Å². The smallest absolute Gasteiger partial charge is 0.0178 e. The molecular formula is C14H21Br. The van der Waals surface area contributed by atoms with Crippen LogP contribution in [0.1, 0.15) is 46.6 Å². The van der Waals surface area contributed by atoms with Crippen molar-refractivity contribution in [1.29, 1.82) is 0 Å². The third kappa shape index (κ3) is 2.44. The quantitative estimate of drug-likeness (QED) is 0.710. The van der Waals surface area contributed by atoms with Crippen molar-refractivity contribution in [2.75, 3.05) is 0 Å². The molecule has 0 fully saturated rings. The first-order chi connectivity index (χ1) is 6.81. The van der Waals surface area contributed by atoms with E-state index in [1.54, 1.807) is 0 Å². The summed E-state index contributed by atoms with van der Waals surface area (Å²) in [6.45, 7) is 11.6. The molecule has 0 heterocycles. The van der Waals surface area contributed by atoms with Gasteiger partial charge in [-0.2, -0.15) is 0 Å². The molecular weight excluding hydrogens is 248 g/mol. The van der Waals surface area contributed by atoms with Crippen molar-refractivity contribution in [2.45, 2.75) is 46.5 Å². The largest absolute Gasteiger partial charge is 0.0648 e. The third-order valence-corrected chi connectivity index (χ3v) is 4.62. The molecule has 84 valence electrons. The summed E-state index contributed by atoms with van der Waals surface area (Å²) < 4.78 is 1.17. The second-order valence-corrected chi connectivity index (χ2v) is 6.29. The van der Waals surface area contributed by atoms with E-state index in [1.165, 1.54) is 16.5 Å². The Morgan fingerprint density at radius 2 is 1.73 bits per heavy atom. The van der Waals surface area contributed by atoms with E-state index in [0.29, 0.717) is 5.41 Å². The van der Waals surface area contributed by atoms with Crippen LogP contribution in [0.25, 0.3) is 0 Å². The van der Waals surface area contributed by atoms with E-state index in [-0.39, 0.29) is 5.41 Å². The topological polar surface area (TPSA) is 0 Å². The van der Waals surface area contributed by atoms with Gasteiger partial charge in [0.25, 0.3) is 0 Å². The number of halogens is 1. The molecule has 1 rings (SSSR count). The minimum absolute atomic E-state index is 0.200. The maximum Gasteiger partial charge on any atom is 0.0178 e. The number of hydrogen-bond donors (Lipinski definition) is 0. The first-order valence-electron chi connectivity index (χ1n) is 5.57. The Balaban J connectivity index is 3.16. The van der Waals surface area contributed by atoms with Crippen LogP contribution in [0.3, 0.4) is 0 Å². The van der Waals surface area contributed by atoms with Gasteiger partial charge in [0.15, 0.2) is 0 Å². The zero-order valence-electron chi connectivity index (χ0n) is 10.4. The summed E-state index contributed by atoms with van der Waals surface area (Å²) in [4.78, 5) is 0. The van der Waals surface area contributed by atoms with Gasteiger partial charge in [-0.25, -0.2) is 0 Å². The zero-order valence-corrected chi connectivity index (χ0v) is 12.0. The fourth-order valence-corrected chi connectivity index (χ4v) is 2.11. The van der Waals surface area contributed by atoms with E-state index in [2.05, 4.69) is 74.8 Å². The summed E-state index contributed by atoms with van der Waals surface area (Å²) in [5.41, 5.74) is 1.92. The van der Waals surface area contributed by atoms with Crippen LogP contribution in [0.4, 0.5) is 0 Å². The molecule has 1 heteroatoms. The summed E-state index contributed by atoms with van der Waals surface area (Å²) in [6, 6.07) is 8.66. The van der Waals surface area contributed by atoms with Gasteiger partial charge in [0.2, 0.25) is 0 Å².